The lowest BCUT2D eigenvalue weighted by molar-refractivity contribution is -0.140. The Kier molecular flexibility index (Phi) is 1.68. The van der Waals surface area contributed by atoms with Gasteiger partial charge in [0.25, 0.3) is 0 Å². The number of carboxylic acids is 1. The smallest absolute Gasteiger partial charge is 0.324 e. The quantitative estimate of drug-likeness (QED) is 0.591. The average molecular weight is 179 g/mol. The van der Waals surface area contributed by atoms with Gasteiger partial charge in [-0.1, -0.05) is 0 Å². The van der Waals surface area contributed by atoms with Crippen LogP contribution in [0, 0.1) is 0 Å². The zero-order chi connectivity index (χ0) is 8.70. The lowest BCUT2D eigenvalue weighted by atomic mass is 10.3. The molecule has 0 amide bonds. The van der Waals surface area contributed by atoms with Crippen molar-refractivity contribution in [2.75, 3.05) is 6.26 Å². The maximum atomic E-state index is 10.6. The van der Waals surface area contributed by atoms with Gasteiger partial charge in [-0.3, -0.25) is 4.79 Å². The molecule has 6 heteroatoms. The minimum absolute atomic E-state index is 0.384. The van der Waals surface area contributed by atoms with Crippen LogP contribution in [0.15, 0.2) is 0 Å². The largest absolute Gasteiger partial charge is 0.480 e. The van der Waals surface area contributed by atoms with Crippen LogP contribution in [-0.2, 0) is 14.8 Å². The number of rotatable bonds is 3. The standard InChI is InChI=1S/C5H9NO4S/c1-11(9,10)6-5(2-3-5)4(7)8/h6H,2-3H2,1H3,(H,7,8). The molecule has 5 nitrogen and oxygen atoms in total. The van der Waals surface area contributed by atoms with Crippen LogP contribution in [0.5, 0.6) is 0 Å². The van der Waals surface area contributed by atoms with Crippen molar-refractivity contribution in [1.29, 1.82) is 0 Å². The Balaban J connectivity index is 2.70. The van der Waals surface area contributed by atoms with Gasteiger partial charge in [-0.25, -0.2) is 8.42 Å². The Labute approximate surface area is 64.5 Å². The van der Waals surface area contributed by atoms with E-state index in [0.29, 0.717) is 12.8 Å². The zero-order valence-corrected chi connectivity index (χ0v) is 6.81. The summed E-state index contributed by atoms with van der Waals surface area (Å²) in [7, 11) is -3.40. The SMILES string of the molecule is CS(=O)(=O)NC1(C(=O)O)CC1. The Morgan fingerprint density at radius 2 is 2.00 bits per heavy atom. The molecule has 1 aliphatic rings. The van der Waals surface area contributed by atoms with Crippen molar-refractivity contribution in [3.05, 3.63) is 0 Å². The van der Waals surface area contributed by atoms with Crippen molar-refractivity contribution in [2.45, 2.75) is 18.4 Å². The van der Waals surface area contributed by atoms with Gasteiger partial charge in [0, 0.05) is 0 Å². The molecule has 1 saturated carbocycles. The molecule has 0 aromatic rings. The van der Waals surface area contributed by atoms with Crippen molar-refractivity contribution in [2.24, 2.45) is 0 Å². The van der Waals surface area contributed by atoms with Gasteiger partial charge >= 0.3 is 5.97 Å². The normalized spacial score (nSPS) is 21.2. The number of nitrogens with one attached hydrogen (secondary N) is 1. The summed E-state index contributed by atoms with van der Waals surface area (Å²) in [4.78, 5) is 10.4. The number of aliphatic carboxylic acids is 1. The molecule has 0 aromatic heterocycles. The molecule has 0 unspecified atom stereocenters. The molecule has 0 radical (unpaired) electrons. The highest BCUT2D eigenvalue weighted by molar-refractivity contribution is 7.88. The van der Waals surface area contributed by atoms with Crippen LogP contribution in [0.25, 0.3) is 0 Å². The van der Waals surface area contributed by atoms with Crippen LogP contribution in [0.3, 0.4) is 0 Å². The van der Waals surface area contributed by atoms with Crippen molar-refractivity contribution in [3.8, 4) is 0 Å². The molecule has 0 heterocycles. The molecule has 0 saturated heterocycles. The van der Waals surface area contributed by atoms with E-state index in [4.69, 9.17) is 5.11 Å². The van der Waals surface area contributed by atoms with Crippen LogP contribution in [-0.4, -0.2) is 31.3 Å². The van der Waals surface area contributed by atoms with Crippen LogP contribution in [0.1, 0.15) is 12.8 Å². The number of carboxylic acid groups (broad SMARTS) is 1. The van der Waals surface area contributed by atoms with Gasteiger partial charge in [-0.15, -0.1) is 0 Å². The summed E-state index contributed by atoms with van der Waals surface area (Å²) in [6.07, 6.45) is 1.72. The molecule has 1 aliphatic carbocycles. The highest BCUT2D eigenvalue weighted by atomic mass is 32.2. The highest BCUT2D eigenvalue weighted by Crippen LogP contribution is 2.35. The summed E-state index contributed by atoms with van der Waals surface area (Å²) in [5.41, 5.74) is -1.19. The molecule has 11 heavy (non-hydrogen) atoms. The first kappa shape index (κ1) is 8.48. The summed E-state index contributed by atoms with van der Waals surface area (Å²) < 4.78 is 23.3. The zero-order valence-electron chi connectivity index (χ0n) is 5.99. The lowest BCUT2D eigenvalue weighted by Crippen LogP contribution is -2.42. The molecule has 64 valence electrons. The fourth-order valence-electron chi connectivity index (χ4n) is 0.839. The molecular weight excluding hydrogens is 170 g/mol. The van der Waals surface area contributed by atoms with E-state index in [1.807, 2.05) is 0 Å². The van der Waals surface area contributed by atoms with E-state index >= 15 is 0 Å². The van der Waals surface area contributed by atoms with Gasteiger partial charge in [0.1, 0.15) is 5.54 Å². The second-order valence-corrected chi connectivity index (χ2v) is 4.51. The summed E-state index contributed by atoms with van der Waals surface area (Å²) in [6, 6.07) is 0. The van der Waals surface area contributed by atoms with Gasteiger partial charge in [0.05, 0.1) is 6.26 Å². The predicted octanol–water partition coefficient (Wildman–Crippen LogP) is -0.847. The van der Waals surface area contributed by atoms with E-state index in [1.165, 1.54) is 0 Å². The first-order valence-electron chi connectivity index (χ1n) is 3.08. The fourth-order valence-corrected chi connectivity index (χ4v) is 1.84. The minimum atomic E-state index is -3.40. The third kappa shape index (κ3) is 1.90. The summed E-state index contributed by atoms with van der Waals surface area (Å²) in [6.45, 7) is 0. The summed E-state index contributed by atoms with van der Waals surface area (Å²) in [5, 5.41) is 8.54. The number of sulfonamides is 1. The molecule has 1 rings (SSSR count). The van der Waals surface area contributed by atoms with Gasteiger partial charge in [0.2, 0.25) is 10.0 Å². The Morgan fingerprint density at radius 3 is 2.09 bits per heavy atom. The Morgan fingerprint density at radius 1 is 1.55 bits per heavy atom. The monoisotopic (exact) mass is 179 g/mol. The van der Waals surface area contributed by atoms with Crippen molar-refractivity contribution < 1.29 is 18.3 Å². The van der Waals surface area contributed by atoms with Crippen LogP contribution in [0.4, 0.5) is 0 Å². The Bertz CT molecular complexity index is 277. The second kappa shape index (κ2) is 2.18. The molecule has 0 atom stereocenters. The molecule has 1 fully saturated rings. The predicted molar refractivity (Wildman–Crippen MR) is 37.6 cm³/mol. The summed E-state index contributed by atoms with van der Waals surface area (Å²) in [5.74, 6) is -1.09. The number of hydrogen-bond donors (Lipinski definition) is 2. The summed E-state index contributed by atoms with van der Waals surface area (Å²) >= 11 is 0. The van der Waals surface area contributed by atoms with Crippen LogP contribution >= 0.6 is 0 Å². The minimum Gasteiger partial charge on any atom is -0.480 e. The van der Waals surface area contributed by atoms with Crippen LogP contribution in [0.2, 0.25) is 0 Å². The fraction of sp³-hybridized carbons (Fsp3) is 0.800. The maximum absolute atomic E-state index is 10.6. The van der Waals surface area contributed by atoms with Crippen molar-refractivity contribution >= 4 is 16.0 Å². The number of carbonyl (C=O) groups is 1. The topological polar surface area (TPSA) is 83.5 Å². The third-order valence-corrected chi connectivity index (χ3v) is 2.30. The van der Waals surface area contributed by atoms with Gasteiger partial charge in [0.15, 0.2) is 0 Å². The molecule has 0 aliphatic heterocycles. The first-order valence-corrected chi connectivity index (χ1v) is 4.97. The molecule has 0 bridgehead atoms. The maximum Gasteiger partial charge on any atom is 0.324 e. The third-order valence-electron chi connectivity index (χ3n) is 1.54. The molecule has 0 aromatic carbocycles. The average Bonchev–Trinajstić information content (AvgIpc) is 2.43. The van der Waals surface area contributed by atoms with E-state index in [1.54, 1.807) is 0 Å². The molecule has 0 spiro atoms. The van der Waals surface area contributed by atoms with Gasteiger partial charge in [-0.2, -0.15) is 4.72 Å². The highest BCUT2D eigenvalue weighted by Gasteiger charge is 2.52. The van der Waals surface area contributed by atoms with Gasteiger partial charge in [-0.05, 0) is 12.8 Å². The molecule has 2 N–H and O–H groups in total. The van der Waals surface area contributed by atoms with Crippen molar-refractivity contribution in [1.82, 2.24) is 4.72 Å². The van der Waals surface area contributed by atoms with E-state index in [0.717, 1.165) is 6.26 Å². The molecular formula is C5H9NO4S. The van der Waals surface area contributed by atoms with Crippen LogP contribution < -0.4 is 4.72 Å². The first-order chi connectivity index (χ1) is 4.86. The van der Waals surface area contributed by atoms with Crippen molar-refractivity contribution in [3.63, 3.8) is 0 Å². The van der Waals surface area contributed by atoms with E-state index in [-0.39, 0.29) is 0 Å². The number of hydrogen-bond acceptors (Lipinski definition) is 3. The van der Waals surface area contributed by atoms with E-state index < -0.39 is 21.5 Å². The second-order valence-electron chi connectivity index (χ2n) is 2.76. The van der Waals surface area contributed by atoms with Gasteiger partial charge < -0.3 is 5.11 Å². The van der Waals surface area contributed by atoms with E-state index in [9.17, 15) is 13.2 Å². The van der Waals surface area contributed by atoms with E-state index in [2.05, 4.69) is 4.72 Å². The Hall–Kier alpha value is -0.620. The lowest BCUT2D eigenvalue weighted by Gasteiger charge is -2.08.